The van der Waals surface area contributed by atoms with Crippen molar-refractivity contribution in [1.82, 2.24) is 0 Å². The number of rotatable bonds is 8. The van der Waals surface area contributed by atoms with Gasteiger partial charge in [-0.25, -0.2) is 8.42 Å². The third kappa shape index (κ3) is 5.61. The number of nitrogens with one attached hydrogen (secondary N) is 1. The van der Waals surface area contributed by atoms with Crippen LogP contribution >= 0.6 is 0 Å². The number of anilines is 2. The molecule has 0 saturated carbocycles. The second-order valence-electron chi connectivity index (χ2n) is 9.48. The van der Waals surface area contributed by atoms with Crippen molar-refractivity contribution in [2.24, 2.45) is 11.3 Å². The van der Waals surface area contributed by atoms with Gasteiger partial charge >= 0.3 is 0 Å². The van der Waals surface area contributed by atoms with E-state index in [1.165, 1.54) is 0 Å². The van der Waals surface area contributed by atoms with Crippen LogP contribution in [0.1, 0.15) is 46.6 Å². The molecule has 1 amide bonds. The van der Waals surface area contributed by atoms with Gasteiger partial charge in [0, 0.05) is 6.54 Å². The van der Waals surface area contributed by atoms with Crippen LogP contribution in [0.25, 0.3) is 0 Å². The second kappa shape index (κ2) is 9.63. The van der Waals surface area contributed by atoms with Gasteiger partial charge < -0.3 is 14.4 Å². The quantitative estimate of drug-likeness (QED) is 0.582. The van der Waals surface area contributed by atoms with E-state index in [0.717, 1.165) is 12.0 Å². The van der Waals surface area contributed by atoms with Crippen molar-refractivity contribution in [1.29, 1.82) is 0 Å². The third-order valence-electron chi connectivity index (χ3n) is 5.53. The zero-order chi connectivity index (χ0) is 24.4. The number of ether oxygens (including phenoxy) is 2. The summed E-state index contributed by atoms with van der Waals surface area (Å²) in [6, 6.07) is 10.1. The van der Waals surface area contributed by atoms with Crippen LogP contribution in [0.15, 0.2) is 41.3 Å². The molecule has 8 heteroatoms. The summed E-state index contributed by atoms with van der Waals surface area (Å²) < 4.78 is 40.6. The standard InChI is InChI=1S/C25H34N2O5S/c1-7-31-22-10-8-18(4)14-23(22)33(29,30)26-19-9-11-21-20(15-19)27(13-12-17(2)3)24(28)25(5,6)16-32-21/h8-11,14-15,17,26H,7,12-13,16H2,1-6H3. The van der Waals surface area contributed by atoms with Crippen LogP contribution in [0.2, 0.25) is 0 Å². The molecular weight excluding hydrogens is 440 g/mol. The van der Waals surface area contributed by atoms with Gasteiger partial charge in [0.1, 0.15) is 23.0 Å². The fraction of sp³-hybridized carbons (Fsp3) is 0.480. The fourth-order valence-corrected chi connectivity index (χ4v) is 4.91. The molecule has 33 heavy (non-hydrogen) atoms. The molecule has 0 atom stereocenters. The maximum Gasteiger partial charge on any atom is 0.265 e. The maximum atomic E-state index is 13.3. The largest absolute Gasteiger partial charge is 0.492 e. The molecule has 0 unspecified atom stereocenters. The number of benzene rings is 2. The monoisotopic (exact) mass is 474 g/mol. The van der Waals surface area contributed by atoms with Gasteiger partial charge in [-0.2, -0.15) is 0 Å². The van der Waals surface area contributed by atoms with Gasteiger partial charge in [-0.05, 0) is 75.9 Å². The highest BCUT2D eigenvalue weighted by Crippen LogP contribution is 2.39. The topological polar surface area (TPSA) is 84.9 Å². The Kier molecular flexibility index (Phi) is 7.26. The fourth-order valence-electron chi connectivity index (χ4n) is 3.63. The lowest BCUT2D eigenvalue weighted by Gasteiger charge is -2.28. The Morgan fingerprint density at radius 2 is 1.91 bits per heavy atom. The zero-order valence-electron chi connectivity index (χ0n) is 20.3. The molecule has 0 bridgehead atoms. The summed E-state index contributed by atoms with van der Waals surface area (Å²) in [6.45, 7) is 12.7. The maximum absolute atomic E-state index is 13.3. The highest BCUT2D eigenvalue weighted by Gasteiger charge is 2.38. The molecule has 2 aromatic carbocycles. The minimum atomic E-state index is -3.92. The minimum Gasteiger partial charge on any atom is -0.492 e. The summed E-state index contributed by atoms with van der Waals surface area (Å²) in [7, 11) is -3.92. The molecule has 0 fully saturated rings. The van der Waals surface area contributed by atoms with Crippen LogP contribution in [0.3, 0.4) is 0 Å². The predicted molar refractivity (Wildman–Crippen MR) is 131 cm³/mol. The first-order chi connectivity index (χ1) is 15.4. The average Bonchev–Trinajstić information content (AvgIpc) is 2.82. The lowest BCUT2D eigenvalue weighted by Crippen LogP contribution is -2.42. The van der Waals surface area contributed by atoms with Gasteiger partial charge in [0.05, 0.1) is 23.4 Å². The number of carbonyl (C=O) groups excluding carboxylic acids is 1. The summed E-state index contributed by atoms with van der Waals surface area (Å²) in [5, 5.41) is 0. The van der Waals surface area contributed by atoms with Crippen molar-refractivity contribution in [2.45, 2.75) is 52.9 Å². The number of carbonyl (C=O) groups is 1. The molecule has 1 heterocycles. The summed E-state index contributed by atoms with van der Waals surface area (Å²) >= 11 is 0. The van der Waals surface area contributed by atoms with Gasteiger partial charge in [0.15, 0.2) is 0 Å². The Morgan fingerprint density at radius 3 is 2.58 bits per heavy atom. The first-order valence-electron chi connectivity index (χ1n) is 11.3. The Bertz CT molecular complexity index is 1130. The van der Waals surface area contributed by atoms with Crippen molar-refractivity contribution in [2.75, 3.05) is 29.4 Å². The second-order valence-corrected chi connectivity index (χ2v) is 11.1. The number of hydrogen-bond acceptors (Lipinski definition) is 5. The number of amides is 1. The molecule has 2 aromatic rings. The Balaban J connectivity index is 2.00. The molecule has 1 aliphatic rings. The molecule has 0 saturated heterocycles. The first kappa shape index (κ1) is 24.9. The molecule has 7 nitrogen and oxygen atoms in total. The van der Waals surface area contributed by atoms with Gasteiger partial charge in [-0.1, -0.05) is 19.9 Å². The van der Waals surface area contributed by atoms with Crippen molar-refractivity contribution >= 4 is 27.3 Å². The molecule has 180 valence electrons. The smallest absolute Gasteiger partial charge is 0.265 e. The molecule has 0 spiro atoms. The Hall–Kier alpha value is -2.74. The van der Waals surface area contributed by atoms with Crippen molar-refractivity contribution < 1.29 is 22.7 Å². The summed E-state index contributed by atoms with van der Waals surface area (Å²) in [5.41, 5.74) is 1.04. The summed E-state index contributed by atoms with van der Waals surface area (Å²) in [4.78, 5) is 15.1. The lowest BCUT2D eigenvalue weighted by atomic mass is 9.92. The lowest BCUT2D eigenvalue weighted by molar-refractivity contribution is -0.127. The van der Waals surface area contributed by atoms with E-state index in [1.807, 2.05) is 26.8 Å². The van der Waals surface area contributed by atoms with Crippen molar-refractivity contribution in [3.05, 3.63) is 42.0 Å². The van der Waals surface area contributed by atoms with E-state index >= 15 is 0 Å². The van der Waals surface area contributed by atoms with Crippen LogP contribution in [-0.2, 0) is 14.8 Å². The normalized spacial score (nSPS) is 15.6. The van der Waals surface area contributed by atoms with Crippen LogP contribution in [0.5, 0.6) is 11.5 Å². The van der Waals surface area contributed by atoms with Crippen molar-refractivity contribution in [3.63, 3.8) is 0 Å². The van der Waals surface area contributed by atoms with Gasteiger partial charge in [-0.3, -0.25) is 9.52 Å². The van der Waals surface area contributed by atoms with E-state index in [2.05, 4.69) is 18.6 Å². The number of nitrogens with zero attached hydrogens (tertiary/aromatic N) is 1. The van der Waals surface area contributed by atoms with Gasteiger partial charge in [-0.15, -0.1) is 0 Å². The van der Waals surface area contributed by atoms with Crippen LogP contribution in [0.4, 0.5) is 11.4 Å². The number of sulfonamides is 1. The molecule has 1 aliphatic heterocycles. The molecule has 0 radical (unpaired) electrons. The average molecular weight is 475 g/mol. The van der Waals surface area contributed by atoms with Gasteiger partial charge in [0.25, 0.3) is 10.0 Å². The van der Waals surface area contributed by atoms with E-state index in [4.69, 9.17) is 9.47 Å². The Labute approximate surface area is 197 Å². The predicted octanol–water partition coefficient (Wildman–Crippen LogP) is 4.99. The van der Waals surface area contributed by atoms with E-state index in [9.17, 15) is 13.2 Å². The number of fused-ring (bicyclic) bond motifs is 1. The van der Waals surface area contributed by atoms with E-state index in [-0.39, 0.29) is 17.4 Å². The van der Waals surface area contributed by atoms with E-state index < -0.39 is 15.4 Å². The summed E-state index contributed by atoms with van der Waals surface area (Å²) in [5.74, 6) is 1.23. The zero-order valence-corrected chi connectivity index (χ0v) is 21.1. The van der Waals surface area contributed by atoms with E-state index in [0.29, 0.717) is 41.9 Å². The molecular formula is C25H34N2O5S. The Morgan fingerprint density at radius 1 is 1.18 bits per heavy atom. The van der Waals surface area contributed by atoms with Gasteiger partial charge in [0.2, 0.25) is 5.91 Å². The van der Waals surface area contributed by atoms with Crippen LogP contribution < -0.4 is 19.1 Å². The third-order valence-corrected chi connectivity index (χ3v) is 6.94. The number of hydrogen-bond donors (Lipinski definition) is 1. The highest BCUT2D eigenvalue weighted by atomic mass is 32.2. The van der Waals surface area contributed by atoms with E-state index in [1.54, 1.807) is 42.2 Å². The molecule has 3 rings (SSSR count). The number of aryl methyl sites for hydroxylation is 1. The van der Waals surface area contributed by atoms with Crippen LogP contribution in [0, 0.1) is 18.3 Å². The SMILES string of the molecule is CCOc1ccc(C)cc1S(=O)(=O)Nc1ccc2c(c1)N(CCC(C)C)C(=O)C(C)(C)CO2. The first-order valence-corrected chi connectivity index (χ1v) is 12.8. The highest BCUT2D eigenvalue weighted by molar-refractivity contribution is 7.92. The minimum absolute atomic E-state index is 0.0424. The molecule has 0 aliphatic carbocycles. The van der Waals surface area contributed by atoms with Crippen molar-refractivity contribution in [3.8, 4) is 11.5 Å². The molecule has 1 N–H and O–H groups in total. The molecule has 0 aromatic heterocycles. The summed E-state index contributed by atoms with van der Waals surface area (Å²) in [6.07, 6.45) is 0.818. The van der Waals surface area contributed by atoms with Crippen LogP contribution in [-0.4, -0.2) is 34.1 Å².